The Kier molecular flexibility index (Phi) is 4.99. The third-order valence-electron chi connectivity index (χ3n) is 3.36. The van der Waals surface area contributed by atoms with Crippen molar-refractivity contribution in [3.8, 4) is 0 Å². The Labute approximate surface area is 130 Å². The van der Waals surface area contributed by atoms with E-state index in [1.165, 1.54) is 17.6 Å². The summed E-state index contributed by atoms with van der Waals surface area (Å²) in [7, 11) is -3.88. The molecule has 1 aliphatic rings. The van der Waals surface area contributed by atoms with Gasteiger partial charge in [0.15, 0.2) is 0 Å². The molecule has 0 aliphatic carbocycles. The molecule has 3 N–H and O–H groups in total. The molecule has 116 valence electrons. The van der Waals surface area contributed by atoms with Crippen molar-refractivity contribution in [1.29, 1.82) is 0 Å². The SMILES string of the molecule is O=C(NO)[C@H]1CC(O)CCN1S(=O)(=O)c1ccc(Br)cc1. The molecule has 0 radical (unpaired) electrons. The Morgan fingerprint density at radius 2 is 1.95 bits per heavy atom. The van der Waals surface area contributed by atoms with Crippen molar-refractivity contribution in [2.45, 2.75) is 29.9 Å². The quantitative estimate of drug-likeness (QED) is 0.523. The van der Waals surface area contributed by atoms with Gasteiger partial charge >= 0.3 is 0 Å². The lowest BCUT2D eigenvalue weighted by molar-refractivity contribution is -0.135. The lowest BCUT2D eigenvalue weighted by Crippen LogP contribution is -2.54. The van der Waals surface area contributed by atoms with Crippen LogP contribution in [-0.2, 0) is 14.8 Å². The van der Waals surface area contributed by atoms with Gasteiger partial charge < -0.3 is 5.11 Å². The number of benzene rings is 1. The van der Waals surface area contributed by atoms with Gasteiger partial charge in [-0.2, -0.15) is 4.31 Å². The molecule has 7 nitrogen and oxygen atoms in total. The molecule has 2 rings (SSSR count). The van der Waals surface area contributed by atoms with Gasteiger partial charge in [-0.25, -0.2) is 13.9 Å². The average Bonchev–Trinajstić information content (AvgIpc) is 2.46. The van der Waals surface area contributed by atoms with Crippen LogP contribution in [0.2, 0.25) is 0 Å². The van der Waals surface area contributed by atoms with Gasteiger partial charge in [-0.1, -0.05) is 15.9 Å². The molecule has 1 fully saturated rings. The van der Waals surface area contributed by atoms with Gasteiger partial charge in [0.2, 0.25) is 10.0 Å². The maximum absolute atomic E-state index is 12.6. The Morgan fingerprint density at radius 3 is 2.52 bits per heavy atom. The van der Waals surface area contributed by atoms with Crippen LogP contribution in [0.15, 0.2) is 33.6 Å². The first-order valence-corrected chi connectivity index (χ1v) is 8.49. The van der Waals surface area contributed by atoms with Crippen LogP contribution in [0.4, 0.5) is 0 Å². The van der Waals surface area contributed by atoms with Crippen LogP contribution in [0.25, 0.3) is 0 Å². The zero-order chi connectivity index (χ0) is 15.6. The van der Waals surface area contributed by atoms with Gasteiger partial charge in [0.05, 0.1) is 11.0 Å². The highest BCUT2D eigenvalue weighted by Crippen LogP contribution is 2.26. The second-order valence-electron chi connectivity index (χ2n) is 4.74. The minimum Gasteiger partial charge on any atom is -0.393 e. The number of rotatable bonds is 3. The molecule has 1 aliphatic heterocycles. The number of halogens is 1. The zero-order valence-corrected chi connectivity index (χ0v) is 13.3. The molecule has 1 saturated heterocycles. The topological polar surface area (TPSA) is 107 Å². The number of amides is 1. The lowest BCUT2D eigenvalue weighted by atomic mass is 10.0. The van der Waals surface area contributed by atoms with Gasteiger partial charge in [0.1, 0.15) is 6.04 Å². The average molecular weight is 379 g/mol. The van der Waals surface area contributed by atoms with Gasteiger partial charge in [-0.3, -0.25) is 10.0 Å². The number of aliphatic hydroxyl groups excluding tert-OH is 1. The molecule has 0 bridgehead atoms. The zero-order valence-electron chi connectivity index (χ0n) is 10.9. The van der Waals surface area contributed by atoms with Crippen LogP contribution in [0.1, 0.15) is 12.8 Å². The smallest absolute Gasteiger partial charge is 0.261 e. The van der Waals surface area contributed by atoms with Crippen molar-refractivity contribution in [1.82, 2.24) is 9.79 Å². The molecule has 1 aromatic carbocycles. The molecule has 2 atom stereocenters. The number of piperidine rings is 1. The van der Waals surface area contributed by atoms with E-state index in [9.17, 15) is 18.3 Å². The van der Waals surface area contributed by atoms with Crippen molar-refractivity contribution < 1.29 is 23.5 Å². The fourth-order valence-electron chi connectivity index (χ4n) is 2.27. The number of hydrogen-bond acceptors (Lipinski definition) is 5. The third-order valence-corrected chi connectivity index (χ3v) is 5.81. The molecule has 0 spiro atoms. The van der Waals surface area contributed by atoms with E-state index in [2.05, 4.69) is 15.9 Å². The van der Waals surface area contributed by atoms with Crippen LogP contribution in [-0.4, -0.2) is 47.6 Å². The summed E-state index contributed by atoms with van der Waals surface area (Å²) < 4.78 is 27.0. The maximum Gasteiger partial charge on any atom is 0.261 e. The van der Waals surface area contributed by atoms with Crippen molar-refractivity contribution in [3.63, 3.8) is 0 Å². The Balaban J connectivity index is 2.36. The summed E-state index contributed by atoms with van der Waals surface area (Å²) in [6.45, 7) is 0.0116. The maximum atomic E-state index is 12.6. The first-order valence-electron chi connectivity index (χ1n) is 6.25. The Bertz CT molecular complexity index is 619. The van der Waals surface area contributed by atoms with E-state index in [4.69, 9.17) is 5.21 Å². The van der Waals surface area contributed by atoms with Crippen LogP contribution < -0.4 is 5.48 Å². The van der Waals surface area contributed by atoms with Gasteiger partial charge in [-0.15, -0.1) is 0 Å². The molecule has 1 aromatic rings. The fraction of sp³-hybridized carbons (Fsp3) is 0.417. The van der Waals surface area contributed by atoms with Gasteiger partial charge in [-0.05, 0) is 37.1 Å². The van der Waals surface area contributed by atoms with E-state index in [0.717, 1.165) is 8.78 Å². The number of nitrogens with one attached hydrogen (secondary N) is 1. The number of sulfonamides is 1. The van der Waals surface area contributed by atoms with E-state index < -0.39 is 28.1 Å². The molecular weight excluding hydrogens is 364 g/mol. The summed E-state index contributed by atoms with van der Waals surface area (Å²) in [5, 5.41) is 18.4. The predicted molar refractivity (Wildman–Crippen MR) is 77.0 cm³/mol. The number of hydrogen-bond donors (Lipinski definition) is 3. The van der Waals surface area contributed by atoms with Crippen LogP contribution in [0.5, 0.6) is 0 Å². The number of carbonyl (C=O) groups excluding carboxylic acids is 1. The molecule has 1 heterocycles. The lowest BCUT2D eigenvalue weighted by Gasteiger charge is -2.35. The predicted octanol–water partition coefficient (Wildman–Crippen LogP) is 0.468. The number of carbonyl (C=O) groups is 1. The number of hydroxylamine groups is 1. The molecule has 0 saturated carbocycles. The highest BCUT2D eigenvalue weighted by Gasteiger charge is 2.40. The van der Waals surface area contributed by atoms with Gasteiger partial charge in [0, 0.05) is 11.0 Å². The van der Waals surface area contributed by atoms with E-state index in [1.807, 2.05) is 0 Å². The largest absolute Gasteiger partial charge is 0.393 e. The number of nitrogens with zero attached hydrogens (tertiary/aromatic N) is 1. The third kappa shape index (κ3) is 3.43. The monoisotopic (exact) mass is 378 g/mol. The van der Waals surface area contributed by atoms with Crippen LogP contribution in [0.3, 0.4) is 0 Å². The molecule has 21 heavy (non-hydrogen) atoms. The Hall–Kier alpha value is -1.00. The summed E-state index contributed by atoms with van der Waals surface area (Å²) in [4.78, 5) is 11.7. The Morgan fingerprint density at radius 1 is 1.33 bits per heavy atom. The first kappa shape index (κ1) is 16.4. The summed E-state index contributed by atoms with van der Waals surface area (Å²) in [6.07, 6.45) is -0.587. The summed E-state index contributed by atoms with van der Waals surface area (Å²) >= 11 is 3.22. The first-order chi connectivity index (χ1) is 9.86. The second kappa shape index (κ2) is 6.41. The molecule has 0 aromatic heterocycles. The van der Waals surface area contributed by atoms with Crippen molar-refractivity contribution in [2.24, 2.45) is 0 Å². The fourth-order valence-corrected chi connectivity index (χ4v) is 4.14. The van der Waals surface area contributed by atoms with E-state index in [-0.39, 0.29) is 24.3 Å². The van der Waals surface area contributed by atoms with Gasteiger partial charge in [0.25, 0.3) is 5.91 Å². The van der Waals surface area contributed by atoms with E-state index >= 15 is 0 Å². The molecule has 9 heteroatoms. The van der Waals surface area contributed by atoms with Crippen LogP contribution >= 0.6 is 15.9 Å². The minimum atomic E-state index is -3.88. The van der Waals surface area contributed by atoms with E-state index in [0.29, 0.717) is 0 Å². The number of aliphatic hydroxyl groups is 1. The van der Waals surface area contributed by atoms with Crippen molar-refractivity contribution in [3.05, 3.63) is 28.7 Å². The molecular formula is C12H15BrN2O5S. The summed E-state index contributed by atoms with van der Waals surface area (Å²) in [5.41, 5.74) is 1.45. The van der Waals surface area contributed by atoms with Crippen molar-refractivity contribution >= 4 is 31.9 Å². The highest BCUT2D eigenvalue weighted by atomic mass is 79.9. The standard InChI is InChI=1S/C12H15BrN2O5S/c13-8-1-3-10(4-2-8)21(19,20)15-6-5-9(16)7-11(15)12(17)14-18/h1-4,9,11,16,18H,5-7H2,(H,14,17)/t9?,11-/m1/s1. The summed E-state index contributed by atoms with van der Waals surface area (Å²) in [5.74, 6) is -0.852. The molecule has 1 amide bonds. The van der Waals surface area contributed by atoms with E-state index in [1.54, 1.807) is 12.1 Å². The second-order valence-corrected chi connectivity index (χ2v) is 7.55. The molecule has 1 unspecified atom stereocenters. The summed E-state index contributed by atoms with van der Waals surface area (Å²) in [6, 6.07) is 4.91. The highest BCUT2D eigenvalue weighted by molar-refractivity contribution is 9.10. The minimum absolute atomic E-state index is 0.0116. The van der Waals surface area contributed by atoms with Crippen molar-refractivity contribution in [2.75, 3.05) is 6.54 Å². The van der Waals surface area contributed by atoms with Crippen LogP contribution in [0, 0.1) is 0 Å². The normalized spacial score (nSPS) is 23.8.